The SMILES string of the molecule is Clc1nc2c(c(SCc3ccccc3)n1)SCC2. The molecule has 5 heteroatoms. The van der Waals surface area contributed by atoms with E-state index in [1.165, 1.54) is 10.5 Å². The maximum absolute atomic E-state index is 5.97. The van der Waals surface area contributed by atoms with Crippen molar-refractivity contribution >= 4 is 35.1 Å². The van der Waals surface area contributed by atoms with Crippen molar-refractivity contribution in [3.05, 3.63) is 46.9 Å². The highest BCUT2D eigenvalue weighted by molar-refractivity contribution is 8.02. The van der Waals surface area contributed by atoms with Gasteiger partial charge < -0.3 is 0 Å². The third-order valence-corrected chi connectivity index (χ3v) is 5.15. The van der Waals surface area contributed by atoms with Crippen molar-refractivity contribution in [1.29, 1.82) is 0 Å². The van der Waals surface area contributed by atoms with Gasteiger partial charge in [-0.1, -0.05) is 30.3 Å². The Morgan fingerprint density at radius 3 is 2.89 bits per heavy atom. The highest BCUT2D eigenvalue weighted by Gasteiger charge is 2.19. The smallest absolute Gasteiger partial charge is 0.222 e. The molecule has 2 heterocycles. The van der Waals surface area contributed by atoms with Gasteiger partial charge in [-0.05, 0) is 17.2 Å². The molecular formula is C13H11ClN2S2. The Hall–Kier alpha value is -0.710. The number of fused-ring (bicyclic) bond motifs is 1. The Morgan fingerprint density at radius 2 is 2.06 bits per heavy atom. The Balaban J connectivity index is 1.81. The van der Waals surface area contributed by atoms with Crippen molar-refractivity contribution < 1.29 is 0 Å². The van der Waals surface area contributed by atoms with Gasteiger partial charge in [-0.3, -0.25) is 0 Å². The average Bonchev–Trinajstić information content (AvgIpc) is 2.85. The Bertz CT molecular complexity index is 560. The first-order valence-electron chi connectivity index (χ1n) is 5.69. The number of aromatic nitrogens is 2. The maximum Gasteiger partial charge on any atom is 0.223 e. The van der Waals surface area contributed by atoms with E-state index in [-0.39, 0.29) is 0 Å². The number of aryl methyl sites for hydroxylation is 1. The van der Waals surface area contributed by atoms with Crippen LogP contribution in [0.15, 0.2) is 40.3 Å². The van der Waals surface area contributed by atoms with Crippen LogP contribution in [0.3, 0.4) is 0 Å². The fourth-order valence-electron chi connectivity index (χ4n) is 1.83. The molecule has 0 spiro atoms. The van der Waals surface area contributed by atoms with E-state index in [1.807, 2.05) is 17.8 Å². The molecule has 0 N–H and O–H groups in total. The van der Waals surface area contributed by atoms with Crippen LogP contribution in [-0.4, -0.2) is 15.7 Å². The largest absolute Gasteiger partial charge is 0.223 e. The molecule has 2 aromatic rings. The molecule has 0 unspecified atom stereocenters. The summed E-state index contributed by atoms with van der Waals surface area (Å²) in [7, 11) is 0. The molecule has 1 aromatic carbocycles. The molecule has 0 radical (unpaired) electrons. The third kappa shape index (κ3) is 2.66. The third-order valence-electron chi connectivity index (χ3n) is 2.68. The van der Waals surface area contributed by atoms with E-state index >= 15 is 0 Å². The Labute approximate surface area is 120 Å². The number of hydrogen-bond donors (Lipinski definition) is 0. The first kappa shape index (κ1) is 12.3. The lowest BCUT2D eigenvalue weighted by molar-refractivity contribution is 0.896. The summed E-state index contributed by atoms with van der Waals surface area (Å²) in [4.78, 5) is 9.87. The van der Waals surface area contributed by atoms with E-state index in [2.05, 4.69) is 34.2 Å². The van der Waals surface area contributed by atoms with Crippen LogP contribution in [0.1, 0.15) is 11.3 Å². The van der Waals surface area contributed by atoms with Crippen LogP contribution in [0.25, 0.3) is 0 Å². The summed E-state index contributed by atoms with van der Waals surface area (Å²) in [5, 5.41) is 1.39. The molecule has 1 aliphatic rings. The van der Waals surface area contributed by atoms with Crippen LogP contribution in [-0.2, 0) is 12.2 Å². The first-order chi connectivity index (χ1) is 8.83. The van der Waals surface area contributed by atoms with Gasteiger partial charge in [0.15, 0.2) is 0 Å². The highest BCUT2D eigenvalue weighted by Crippen LogP contribution is 2.38. The summed E-state index contributed by atoms with van der Waals surface area (Å²) in [5.41, 5.74) is 2.41. The van der Waals surface area contributed by atoms with Crippen LogP contribution in [0, 0.1) is 0 Å². The monoisotopic (exact) mass is 294 g/mol. The Kier molecular flexibility index (Phi) is 3.77. The molecule has 1 aliphatic heterocycles. The van der Waals surface area contributed by atoms with Crippen LogP contribution in [0.2, 0.25) is 5.28 Å². The fraction of sp³-hybridized carbons (Fsp3) is 0.231. The second-order valence-electron chi connectivity index (χ2n) is 3.95. The minimum atomic E-state index is 0.367. The second-order valence-corrected chi connectivity index (χ2v) is 6.35. The molecule has 0 atom stereocenters. The summed E-state index contributed by atoms with van der Waals surface area (Å²) >= 11 is 9.54. The number of benzene rings is 1. The maximum atomic E-state index is 5.97. The molecule has 2 nitrogen and oxygen atoms in total. The van der Waals surface area contributed by atoms with Crippen LogP contribution in [0.5, 0.6) is 0 Å². The molecule has 18 heavy (non-hydrogen) atoms. The first-order valence-corrected chi connectivity index (χ1v) is 8.04. The number of nitrogens with zero attached hydrogens (tertiary/aromatic N) is 2. The van der Waals surface area contributed by atoms with Gasteiger partial charge in [0.05, 0.1) is 10.6 Å². The van der Waals surface area contributed by atoms with E-state index in [0.29, 0.717) is 5.28 Å². The van der Waals surface area contributed by atoms with E-state index < -0.39 is 0 Å². The molecule has 0 saturated carbocycles. The number of rotatable bonds is 3. The second kappa shape index (κ2) is 5.51. The van der Waals surface area contributed by atoms with Gasteiger partial charge in [-0.2, -0.15) is 0 Å². The predicted octanol–water partition coefficient (Wildman–Crippen LogP) is 4.07. The number of hydrogen-bond acceptors (Lipinski definition) is 4. The topological polar surface area (TPSA) is 25.8 Å². The quantitative estimate of drug-likeness (QED) is 0.484. The molecule has 0 bridgehead atoms. The normalized spacial score (nSPS) is 13.6. The van der Waals surface area contributed by atoms with Crippen LogP contribution < -0.4 is 0 Å². The van der Waals surface area contributed by atoms with E-state index in [1.54, 1.807) is 11.8 Å². The molecule has 92 valence electrons. The van der Waals surface area contributed by atoms with Crippen molar-refractivity contribution in [2.45, 2.75) is 22.1 Å². The van der Waals surface area contributed by atoms with Crippen molar-refractivity contribution in [1.82, 2.24) is 9.97 Å². The lowest BCUT2D eigenvalue weighted by Crippen LogP contribution is -1.94. The molecule has 0 fully saturated rings. The van der Waals surface area contributed by atoms with E-state index in [4.69, 9.17) is 11.6 Å². The van der Waals surface area contributed by atoms with Gasteiger partial charge in [0.1, 0.15) is 5.03 Å². The zero-order chi connectivity index (χ0) is 12.4. The van der Waals surface area contributed by atoms with Gasteiger partial charge in [-0.25, -0.2) is 9.97 Å². The highest BCUT2D eigenvalue weighted by atomic mass is 35.5. The standard InChI is InChI=1S/C13H11ClN2S2/c14-13-15-10-6-7-17-11(10)12(16-13)18-8-9-4-2-1-3-5-9/h1-5H,6-8H2. The van der Waals surface area contributed by atoms with Gasteiger partial charge >= 0.3 is 0 Å². The number of thioether (sulfide) groups is 2. The molecular weight excluding hydrogens is 284 g/mol. The van der Waals surface area contributed by atoms with Crippen molar-refractivity contribution in [3.63, 3.8) is 0 Å². The Morgan fingerprint density at radius 1 is 1.22 bits per heavy atom. The lowest BCUT2D eigenvalue weighted by atomic mass is 10.2. The lowest BCUT2D eigenvalue weighted by Gasteiger charge is -2.06. The summed E-state index contributed by atoms with van der Waals surface area (Å²) in [5.74, 6) is 2.00. The summed E-state index contributed by atoms with van der Waals surface area (Å²) in [6.45, 7) is 0. The summed E-state index contributed by atoms with van der Waals surface area (Å²) < 4.78 is 0. The van der Waals surface area contributed by atoms with Gasteiger partial charge in [0, 0.05) is 17.9 Å². The van der Waals surface area contributed by atoms with Crippen molar-refractivity contribution in [2.24, 2.45) is 0 Å². The summed E-state index contributed by atoms with van der Waals surface area (Å²) in [6, 6.07) is 10.4. The molecule has 1 aromatic heterocycles. The van der Waals surface area contributed by atoms with Crippen molar-refractivity contribution in [3.8, 4) is 0 Å². The minimum absolute atomic E-state index is 0.367. The van der Waals surface area contributed by atoms with Crippen molar-refractivity contribution in [2.75, 3.05) is 5.75 Å². The fourth-order valence-corrected chi connectivity index (χ4v) is 4.30. The van der Waals surface area contributed by atoms with Gasteiger partial charge in [0.2, 0.25) is 5.28 Å². The zero-order valence-corrected chi connectivity index (χ0v) is 12.0. The molecule has 0 aliphatic carbocycles. The minimum Gasteiger partial charge on any atom is -0.222 e. The van der Waals surface area contributed by atoms with E-state index in [9.17, 15) is 0 Å². The predicted molar refractivity (Wildman–Crippen MR) is 77.5 cm³/mol. The van der Waals surface area contributed by atoms with Gasteiger partial charge in [0.25, 0.3) is 0 Å². The van der Waals surface area contributed by atoms with Gasteiger partial charge in [-0.15, -0.1) is 23.5 Å². The zero-order valence-electron chi connectivity index (χ0n) is 9.60. The summed E-state index contributed by atoms with van der Waals surface area (Å²) in [6.07, 6.45) is 1.00. The molecule has 0 amide bonds. The number of halogens is 1. The average molecular weight is 295 g/mol. The van der Waals surface area contributed by atoms with Crippen LogP contribution in [0.4, 0.5) is 0 Å². The van der Waals surface area contributed by atoms with Crippen LogP contribution >= 0.6 is 35.1 Å². The van der Waals surface area contributed by atoms with E-state index in [0.717, 1.165) is 28.6 Å². The molecule has 3 rings (SSSR count). The molecule has 0 saturated heterocycles.